The van der Waals surface area contributed by atoms with Crippen molar-refractivity contribution in [3.05, 3.63) is 24.3 Å². The Morgan fingerprint density at radius 2 is 0.691 bits per heavy atom. The lowest BCUT2D eigenvalue weighted by Crippen LogP contribution is -2.45. The molecule has 1 amide bonds. The van der Waals surface area contributed by atoms with Crippen LogP contribution in [0.4, 0.5) is 0 Å². The van der Waals surface area contributed by atoms with Crippen molar-refractivity contribution in [2.75, 3.05) is 13.2 Å². The molecule has 2 unspecified atom stereocenters. The van der Waals surface area contributed by atoms with Crippen molar-refractivity contribution in [3.8, 4) is 0 Å². The molecule has 0 aromatic heterocycles. The van der Waals surface area contributed by atoms with Crippen molar-refractivity contribution in [3.63, 3.8) is 0 Å². The summed E-state index contributed by atoms with van der Waals surface area (Å²) < 4.78 is 5.49. The molecular weight excluding hydrogens is 839 g/mol. The minimum atomic E-state index is -0.666. The average Bonchev–Trinajstić information content (AvgIpc) is 3.34. The summed E-state index contributed by atoms with van der Waals surface area (Å²) in [5.41, 5.74) is 0. The molecular formula is C62H119NO5. The fraction of sp³-hybridized carbons (Fsp3) is 0.903. The van der Waals surface area contributed by atoms with Crippen molar-refractivity contribution in [1.29, 1.82) is 0 Å². The van der Waals surface area contributed by atoms with Gasteiger partial charge >= 0.3 is 5.97 Å². The molecule has 2 atom stereocenters. The number of allylic oxidation sites excluding steroid dienone is 4. The Morgan fingerprint density at radius 1 is 0.397 bits per heavy atom. The maximum absolute atomic E-state index is 12.4. The summed E-state index contributed by atoms with van der Waals surface area (Å²) in [5, 5.41) is 23.2. The normalized spacial score (nSPS) is 12.7. The molecule has 0 aliphatic carbocycles. The number of nitrogens with one attached hydrogen (secondary N) is 1. The molecule has 0 heterocycles. The Morgan fingerprint density at radius 3 is 1.04 bits per heavy atom. The molecule has 0 aliphatic heterocycles. The summed E-state index contributed by atoms with van der Waals surface area (Å²) >= 11 is 0. The third-order valence-electron chi connectivity index (χ3n) is 14.2. The molecule has 0 aliphatic rings. The van der Waals surface area contributed by atoms with Gasteiger partial charge in [0.05, 0.1) is 25.4 Å². The molecule has 6 heteroatoms. The summed E-state index contributed by atoms with van der Waals surface area (Å²) in [7, 11) is 0. The second kappa shape index (κ2) is 57.9. The number of amides is 1. The first kappa shape index (κ1) is 66.3. The molecule has 0 saturated heterocycles. The zero-order chi connectivity index (χ0) is 49.3. The highest BCUT2D eigenvalue weighted by molar-refractivity contribution is 5.76. The molecule has 402 valence electrons. The van der Waals surface area contributed by atoms with E-state index in [4.69, 9.17) is 4.74 Å². The van der Waals surface area contributed by atoms with Crippen LogP contribution in [0.5, 0.6) is 0 Å². The first-order valence-corrected chi connectivity index (χ1v) is 30.6. The molecule has 0 spiro atoms. The Bertz CT molecular complexity index is 1060. The lowest BCUT2D eigenvalue weighted by Gasteiger charge is -2.22. The van der Waals surface area contributed by atoms with E-state index in [9.17, 15) is 19.8 Å². The van der Waals surface area contributed by atoms with Crippen LogP contribution in [-0.2, 0) is 14.3 Å². The predicted octanol–water partition coefficient (Wildman–Crippen LogP) is 19.0. The molecule has 0 bridgehead atoms. The monoisotopic (exact) mass is 958 g/mol. The molecule has 3 N–H and O–H groups in total. The smallest absolute Gasteiger partial charge is 0.305 e. The number of esters is 1. The van der Waals surface area contributed by atoms with E-state index in [-0.39, 0.29) is 18.5 Å². The fourth-order valence-corrected chi connectivity index (χ4v) is 9.51. The second-order valence-corrected chi connectivity index (χ2v) is 21.0. The van der Waals surface area contributed by atoms with E-state index >= 15 is 0 Å². The number of hydrogen-bond donors (Lipinski definition) is 3. The van der Waals surface area contributed by atoms with Gasteiger partial charge in [0.25, 0.3) is 0 Å². The van der Waals surface area contributed by atoms with E-state index < -0.39 is 12.1 Å². The third-order valence-corrected chi connectivity index (χ3v) is 14.2. The van der Waals surface area contributed by atoms with Crippen LogP contribution in [0.15, 0.2) is 24.3 Å². The maximum Gasteiger partial charge on any atom is 0.305 e. The molecule has 6 nitrogen and oxygen atoms in total. The highest BCUT2D eigenvalue weighted by atomic mass is 16.5. The summed E-state index contributed by atoms with van der Waals surface area (Å²) in [5.74, 6) is -0.0332. The largest absolute Gasteiger partial charge is 0.466 e. The quantitative estimate of drug-likeness (QED) is 0.0321. The van der Waals surface area contributed by atoms with Crippen molar-refractivity contribution in [2.24, 2.45) is 0 Å². The van der Waals surface area contributed by atoms with Gasteiger partial charge in [0, 0.05) is 12.8 Å². The minimum absolute atomic E-state index is 0.00838. The van der Waals surface area contributed by atoms with Gasteiger partial charge in [-0.15, -0.1) is 0 Å². The van der Waals surface area contributed by atoms with Crippen molar-refractivity contribution < 1.29 is 24.5 Å². The van der Waals surface area contributed by atoms with Gasteiger partial charge in [0.15, 0.2) is 0 Å². The zero-order valence-corrected chi connectivity index (χ0v) is 45.9. The highest BCUT2D eigenvalue weighted by Crippen LogP contribution is 2.17. The van der Waals surface area contributed by atoms with E-state index in [1.807, 2.05) is 0 Å². The Labute approximate surface area is 424 Å². The molecule has 0 saturated carbocycles. The van der Waals surface area contributed by atoms with Crippen LogP contribution in [0, 0.1) is 0 Å². The van der Waals surface area contributed by atoms with Crippen LogP contribution in [0.2, 0.25) is 0 Å². The van der Waals surface area contributed by atoms with E-state index in [0.29, 0.717) is 25.9 Å². The molecule has 0 rings (SSSR count). The first-order valence-electron chi connectivity index (χ1n) is 30.6. The fourth-order valence-electron chi connectivity index (χ4n) is 9.51. The van der Waals surface area contributed by atoms with E-state index in [1.54, 1.807) is 0 Å². The van der Waals surface area contributed by atoms with E-state index in [1.165, 1.54) is 257 Å². The number of ether oxygens (including phenoxy) is 1. The van der Waals surface area contributed by atoms with Gasteiger partial charge in [-0.25, -0.2) is 0 Å². The van der Waals surface area contributed by atoms with Gasteiger partial charge in [0.2, 0.25) is 5.91 Å². The number of carbonyl (C=O) groups excluding carboxylic acids is 2. The number of aliphatic hydroxyl groups excluding tert-OH is 2. The predicted molar refractivity (Wildman–Crippen MR) is 296 cm³/mol. The van der Waals surface area contributed by atoms with Crippen molar-refractivity contribution in [2.45, 2.75) is 347 Å². The Kier molecular flexibility index (Phi) is 56.5. The zero-order valence-electron chi connectivity index (χ0n) is 45.9. The third kappa shape index (κ3) is 53.7. The number of carbonyl (C=O) groups is 2. The van der Waals surface area contributed by atoms with Gasteiger partial charge < -0.3 is 20.3 Å². The molecule has 0 aromatic rings. The van der Waals surface area contributed by atoms with Crippen molar-refractivity contribution >= 4 is 11.9 Å². The van der Waals surface area contributed by atoms with Crippen LogP contribution in [0.3, 0.4) is 0 Å². The topological polar surface area (TPSA) is 95.9 Å². The van der Waals surface area contributed by atoms with Gasteiger partial charge in [-0.2, -0.15) is 0 Å². The summed E-state index contributed by atoms with van der Waals surface area (Å²) in [6, 6.07) is -0.544. The van der Waals surface area contributed by atoms with Crippen LogP contribution in [0.1, 0.15) is 335 Å². The van der Waals surface area contributed by atoms with Gasteiger partial charge in [-0.3, -0.25) is 9.59 Å². The number of unbranched alkanes of at least 4 members (excludes halogenated alkanes) is 42. The van der Waals surface area contributed by atoms with E-state index in [2.05, 4.69) is 43.5 Å². The summed E-state index contributed by atoms with van der Waals surface area (Å²) in [6.45, 7) is 4.95. The average molecular weight is 959 g/mol. The van der Waals surface area contributed by atoms with Crippen LogP contribution >= 0.6 is 0 Å². The van der Waals surface area contributed by atoms with Crippen LogP contribution in [-0.4, -0.2) is 47.4 Å². The van der Waals surface area contributed by atoms with Gasteiger partial charge in [-0.1, -0.05) is 269 Å². The number of hydrogen-bond acceptors (Lipinski definition) is 5. The molecule has 0 aromatic carbocycles. The van der Waals surface area contributed by atoms with E-state index in [0.717, 1.165) is 44.9 Å². The highest BCUT2D eigenvalue weighted by Gasteiger charge is 2.20. The van der Waals surface area contributed by atoms with Crippen LogP contribution < -0.4 is 5.32 Å². The number of aliphatic hydroxyl groups is 2. The second-order valence-electron chi connectivity index (χ2n) is 21.0. The van der Waals surface area contributed by atoms with Gasteiger partial charge in [0.1, 0.15) is 0 Å². The molecule has 68 heavy (non-hydrogen) atoms. The first-order chi connectivity index (χ1) is 33.5. The number of rotatable bonds is 57. The molecule has 0 radical (unpaired) electrons. The van der Waals surface area contributed by atoms with Crippen LogP contribution in [0.25, 0.3) is 0 Å². The minimum Gasteiger partial charge on any atom is -0.466 e. The molecule has 0 fully saturated rings. The SMILES string of the molecule is CCCCCCCC/C=C\CCCCCCCCCC(=O)OCCCCCCCCCCCCCC/C=C\CCCCCCCCCC(=O)NC(CO)C(O)CCCCCCCCCCCCC. The Hall–Kier alpha value is -1.66. The van der Waals surface area contributed by atoms with Gasteiger partial charge in [-0.05, 0) is 77.0 Å². The Balaban J connectivity index is 3.38. The lowest BCUT2D eigenvalue weighted by molar-refractivity contribution is -0.143. The summed E-state index contributed by atoms with van der Waals surface area (Å²) in [4.78, 5) is 24.5. The van der Waals surface area contributed by atoms with Crippen molar-refractivity contribution in [1.82, 2.24) is 5.32 Å². The standard InChI is InChI=1S/C62H119NO5/c1-3-5-7-9-11-13-15-16-17-25-29-32-36-40-44-48-52-56-62(67)68-57-53-49-45-41-37-33-30-27-24-22-20-18-19-21-23-26-28-31-35-39-43-47-51-55-61(66)63-59(58-64)60(65)54-50-46-42-38-34-14-12-10-8-6-4-2/h16-17,21,23,59-60,64-65H,3-15,18-20,22,24-58H2,1-2H3,(H,63,66)/b17-16-,23-21-. The maximum atomic E-state index is 12.4. The summed E-state index contributed by atoms with van der Waals surface area (Å²) in [6.07, 6.45) is 70.5. The lowest BCUT2D eigenvalue weighted by atomic mass is 10.0.